The molecule has 0 radical (unpaired) electrons. The van der Waals surface area contributed by atoms with E-state index in [0.717, 1.165) is 28.8 Å². The Morgan fingerprint density at radius 2 is 1.81 bits per heavy atom. The lowest BCUT2D eigenvalue weighted by molar-refractivity contribution is -0.149. The SMILES string of the molecule is CC[C@@H](C)c1ccccc1NC(=O)COC(=O)COc1ccc(C)cc1C. The molecule has 0 saturated heterocycles. The van der Waals surface area contributed by atoms with Crippen molar-refractivity contribution in [2.75, 3.05) is 18.5 Å². The minimum atomic E-state index is -0.583. The van der Waals surface area contributed by atoms with Crippen LogP contribution in [-0.2, 0) is 14.3 Å². The first-order valence-corrected chi connectivity index (χ1v) is 9.15. The molecule has 0 aromatic heterocycles. The second kappa shape index (κ2) is 9.76. The molecular formula is C22H27NO4. The third kappa shape index (κ3) is 6.13. The molecule has 1 atom stereocenters. The highest BCUT2D eigenvalue weighted by Gasteiger charge is 2.13. The number of ether oxygens (including phenoxy) is 2. The number of nitrogens with one attached hydrogen (secondary N) is 1. The van der Waals surface area contributed by atoms with Gasteiger partial charge in [0.25, 0.3) is 5.91 Å². The maximum atomic E-state index is 12.1. The van der Waals surface area contributed by atoms with E-state index < -0.39 is 5.97 Å². The zero-order valence-corrected chi connectivity index (χ0v) is 16.4. The number of aryl methyl sites for hydroxylation is 2. The number of rotatable bonds is 8. The van der Waals surface area contributed by atoms with Gasteiger partial charge in [0.05, 0.1) is 0 Å². The molecule has 0 fully saturated rings. The van der Waals surface area contributed by atoms with Crippen LogP contribution in [0.3, 0.4) is 0 Å². The summed E-state index contributed by atoms with van der Waals surface area (Å²) < 4.78 is 10.5. The van der Waals surface area contributed by atoms with E-state index in [0.29, 0.717) is 11.7 Å². The predicted molar refractivity (Wildman–Crippen MR) is 106 cm³/mol. The van der Waals surface area contributed by atoms with Gasteiger partial charge < -0.3 is 14.8 Å². The standard InChI is InChI=1S/C22H27NO4/c1-5-16(3)18-8-6-7-9-19(18)23-21(24)13-27-22(25)14-26-20-11-10-15(2)12-17(20)4/h6-12,16H,5,13-14H2,1-4H3,(H,23,24)/t16-/m1/s1. The van der Waals surface area contributed by atoms with Crippen LogP contribution in [0.25, 0.3) is 0 Å². The van der Waals surface area contributed by atoms with Gasteiger partial charge in [-0.1, -0.05) is 49.7 Å². The van der Waals surface area contributed by atoms with Crippen molar-refractivity contribution in [3.63, 3.8) is 0 Å². The van der Waals surface area contributed by atoms with Gasteiger partial charge in [0.1, 0.15) is 5.75 Å². The van der Waals surface area contributed by atoms with Gasteiger partial charge in [-0.05, 0) is 49.4 Å². The van der Waals surface area contributed by atoms with Crippen LogP contribution in [0.4, 0.5) is 5.69 Å². The van der Waals surface area contributed by atoms with Gasteiger partial charge in [-0.2, -0.15) is 0 Å². The van der Waals surface area contributed by atoms with Crippen LogP contribution in [0.2, 0.25) is 0 Å². The van der Waals surface area contributed by atoms with Crippen LogP contribution < -0.4 is 10.1 Å². The summed E-state index contributed by atoms with van der Waals surface area (Å²) in [6.45, 7) is 7.53. The number of amides is 1. The molecule has 0 spiro atoms. The Bertz CT molecular complexity index is 801. The maximum Gasteiger partial charge on any atom is 0.344 e. The monoisotopic (exact) mass is 369 g/mol. The lowest BCUT2D eigenvalue weighted by Crippen LogP contribution is -2.24. The zero-order chi connectivity index (χ0) is 19.8. The van der Waals surface area contributed by atoms with Crippen molar-refractivity contribution in [1.82, 2.24) is 0 Å². The number of hydrogen-bond donors (Lipinski definition) is 1. The number of para-hydroxylation sites is 1. The minimum absolute atomic E-state index is 0.235. The highest BCUT2D eigenvalue weighted by atomic mass is 16.6. The second-order valence-electron chi connectivity index (χ2n) is 6.66. The van der Waals surface area contributed by atoms with Gasteiger partial charge in [-0.25, -0.2) is 4.79 Å². The Hall–Kier alpha value is -2.82. The number of carbonyl (C=O) groups excluding carboxylic acids is 2. The molecule has 0 bridgehead atoms. The number of benzene rings is 2. The van der Waals surface area contributed by atoms with Crippen LogP contribution in [0.5, 0.6) is 5.75 Å². The Labute approximate surface area is 160 Å². The van der Waals surface area contributed by atoms with Crippen LogP contribution in [-0.4, -0.2) is 25.1 Å². The number of hydrogen-bond acceptors (Lipinski definition) is 4. The van der Waals surface area contributed by atoms with Crippen molar-refractivity contribution in [3.8, 4) is 5.75 Å². The quantitative estimate of drug-likeness (QED) is 0.702. The smallest absolute Gasteiger partial charge is 0.344 e. The topological polar surface area (TPSA) is 64.6 Å². The van der Waals surface area contributed by atoms with E-state index in [4.69, 9.17) is 9.47 Å². The van der Waals surface area contributed by atoms with Crippen LogP contribution in [0.1, 0.15) is 42.9 Å². The molecule has 5 nitrogen and oxygen atoms in total. The summed E-state index contributed by atoms with van der Waals surface area (Å²) in [6.07, 6.45) is 0.970. The predicted octanol–water partition coefficient (Wildman–Crippen LogP) is 4.38. The maximum absolute atomic E-state index is 12.1. The molecule has 0 aliphatic heterocycles. The fourth-order valence-electron chi connectivity index (χ4n) is 2.73. The molecule has 5 heteroatoms. The summed E-state index contributed by atoms with van der Waals surface area (Å²) in [5.74, 6) is 0.00522. The van der Waals surface area contributed by atoms with Crippen molar-refractivity contribution in [2.45, 2.75) is 40.0 Å². The zero-order valence-electron chi connectivity index (χ0n) is 16.4. The largest absolute Gasteiger partial charge is 0.482 e. The van der Waals surface area contributed by atoms with Crippen molar-refractivity contribution in [2.24, 2.45) is 0 Å². The van der Waals surface area contributed by atoms with E-state index in [9.17, 15) is 9.59 Å². The Morgan fingerprint density at radius 1 is 1.07 bits per heavy atom. The van der Waals surface area contributed by atoms with Gasteiger partial charge in [0, 0.05) is 5.69 Å². The molecule has 1 amide bonds. The first-order chi connectivity index (χ1) is 12.9. The van der Waals surface area contributed by atoms with Crippen LogP contribution in [0, 0.1) is 13.8 Å². The van der Waals surface area contributed by atoms with E-state index in [1.165, 1.54) is 0 Å². The Kier molecular flexibility index (Phi) is 7.41. The average Bonchev–Trinajstić information content (AvgIpc) is 2.65. The average molecular weight is 369 g/mol. The van der Waals surface area contributed by atoms with Crippen molar-refractivity contribution in [1.29, 1.82) is 0 Å². The molecule has 27 heavy (non-hydrogen) atoms. The molecule has 2 rings (SSSR count). The summed E-state index contributed by atoms with van der Waals surface area (Å²) in [7, 11) is 0. The number of carbonyl (C=O) groups is 2. The molecule has 0 heterocycles. The Morgan fingerprint density at radius 3 is 2.52 bits per heavy atom. The van der Waals surface area contributed by atoms with E-state index >= 15 is 0 Å². The van der Waals surface area contributed by atoms with Crippen LogP contribution in [0.15, 0.2) is 42.5 Å². The highest BCUT2D eigenvalue weighted by Crippen LogP contribution is 2.26. The molecular weight excluding hydrogens is 342 g/mol. The third-order valence-electron chi connectivity index (χ3n) is 4.42. The lowest BCUT2D eigenvalue weighted by Gasteiger charge is -2.15. The number of anilines is 1. The molecule has 1 N–H and O–H groups in total. The molecule has 0 unspecified atom stereocenters. The first kappa shape index (κ1) is 20.5. The van der Waals surface area contributed by atoms with E-state index in [1.54, 1.807) is 0 Å². The summed E-state index contributed by atoms with van der Waals surface area (Å²) in [4.78, 5) is 24.0. The minimum Gasteiger partial charge on any atom is -0.482 e. The van der Waals surface area contributed by atoms with Gasteiger partial charge in [0.15, 0.2) is 13.2 Å². The van der Waals surface area contributed by atoms with E-state index in [1.807, 2.05) is 56.3 Å². The van der Waals surface area contributed by atoms with Gasteiger partial charge in [-0.3, -0.25) is 4.79 Å². The molecule has 0 aliphatic carbocycles. The summed E-state index contributed by atoms with van der Waals surface area (Å²) in [5, 5.41) is 2.81. The van der Waals surface area contributed by atoms with Crippen molar-refractivity contribution < 1.29 is 19.1 Å². The Balaban J connectivity index is 1.82. The molecule has 0 aliphatic rings. The van der Waals surface area contributed by atoms with Gasteiger partial charge in [-0.15, -0.1) is 0 Å². The summed E-state index contributed by atoms with van der Waals surface area (Å²) in [5.41, 5.74) is 3.89. The normalized spacial score (nSPS) is 11.6. The fraction of sp³-hybridized carbons (Fsp3) is 0.364. The lowest BCUT2D eigenvalue weighted by atomic mass is 9.97. The van der Waals surface area contributed by atoms with Gasteiger partial charge in [0.2, 0.25) is 0 Å². The molecule has 2 aromatic rings. The summed E-state index contributed by atoms with van der Waals surface area (Å²) >= 11 is 0. The number of esters is 1. The molecule has 144 valence electrons. The second-order valence-corrected chi connectivity index (χ2v) is 6.66. The van der Waals surface area contributed by atoms with Crippen LogP contribution >= 0.6 is 0 Å². The van der Waals surface area contributed by atoms with Gasteiger partial charge >= 0.3 is 5.97 Å². The third-order valence-corrected chi connectivity index (χ3v) is 4.42. The van der Waals surface area contributed by atoms with Crippen molar-refractivity contribution in [3.05, 3.63) is 59.2 Å². The van der Waals surface area contributed by atoms with E-state index in [2.05, 4.69) is 19.2 Å². The van der Waals surface area contributed by atoms with Crippen molar-refractivity contribution >= 4 is 17.6 Å². The molecule has 2 aromatic carbocycles. The fourth-order valence-corrected chi connectivity index (χ4v) is 2.73. The first-order valence-electron chi connectivity index (χ1n) is 9.15. The van der Waals surface area contributed by atoms with E-state index in [-0.39, 0.29) is 19.1 Å². The highest BCUT2D eigenvalue weighted by molar-refractivity contribution is 5.93. The summed E-state index contributed by atoms with van der Waals surface area (Å²) in [6, 6.07) is 13.4. The molecule has 0 saturated carbocycles.